The second kappa shape index (κ2) is 2.85. The van der Waals surface area contributed by atoms with Gasteiger partial charge in [0.25, 0.3) is 0 Å². The number of rotatable bonds is 1. The van der Waals surface area contributed by atoms with E-state index in [0.29, 0.717) is 0 Å². The molecule has 0 aliphatic carbocycles. The van der Waals surface area contributed by atoms with Gasteiger partial charge in [-0.2, -0.15) is 0 Å². The number of hydrogen-bond donors (Lipinski definition) is 0. The molecular formula is C6H12FO3P. The van der Waals surface area contributed by atoms with Crippen LogP contribution in [0, 0.1) is 5.41 Å². The van der Waals surface area contributed by atoms with E-state index >= 15 is 0 Å². The predicted molar refractivity (Wildman–Crippen MR) is 39.0 cm³/mol. The summed E-state index contributed by atoms with van der Waals surface area (Å²) in [5, 5.41) is 0. The third-order valence-corrected chi connectivity index (χ3v) is 2.86. The van der Waals surface area contributed by atoms with Crippen molar-refractivity contribution in [1.29, 1.82) is 0 Å². The van der Waals surface area contributed by atoms with Crippen molar-refractivity contribution in [1.82, 2.24) is 0 Å². The van der Waals surface area contributed by atoms with Crippen LogP contribution in [-0.2, 0) is 13.6 Å². The molecule has 0 radical (unpaired) electrons. The summed E-state index contributed by atoms with van der Waals surface area (Å²) in [5.41, 5.74) is -0.181. The van der Waals surface area contributed by atoms with E-state index in [1.807, 2.05) is 13.8 Å². The van der Waals surface area contributed by atoms with Crippen molar-refractivity contribution in [2.45, 2.75) is 20.3 Å². The molecular weight excluding hydrogens is 170 g/mol. The van der Waals surface area contributed by atoms with E-state index in [9.17, 15) is 8.76 Å². The Balaban J connectivity index is 2.54. The lowest BCUT2D eigenvalue weighted by Crippen LogP contribution is -2.31. The summed E-state index contributed by atoms with van der Waals surface area (Å²) < 4.78 is 31.9. The van der Waals surface area contributed by atoms with Crippen LogP contribution in [0.1, 0.15) is 20.3 Å². The van der Waals surface area contributed by atoms with E-state index in [4.69, 9.17) is 0 Å². The summed E-state index contributed by atoms with van der Waals surface area (Å²) in [6, 6.07) is 0. The molecule has 0 aromatic carbocycles. The highest BCUT2D eigenvalue weighted by Crippen LogP contribution is 2.55. The zero-order chi connectivity index (χ0) is 8.54. The Morgan fingerprint density at radius 3 is 2.36 bits per heavy atom. The van der Waals surface area contributed by atoms with Crippen molar-refractivity contribution >= 4 is 7.91 Å². The number of halogens is 1. The molecule has 5 heteroatoms. The fourth-order valence-electron chi connectivity index (χ4n) is 0.749. The minimum Gasteiger partial charge on any atom is -0.283 e. The van der Waals surface area contributed by atoms with Gasteiger partial charge in [-0.1, -0.05) is 13.8 Å². The molecule has 0 atom stereocenters. The molecule has 1 heterocycles. The van der Waals surface area contributed by atoms with Gasteiger partial charge < -0.3 is 0 Å². The van der Waals surface area contributed by atoms with Crippen LogP contribution in [-0.4, -0.2) is 13.2 Å². The lowest BCUT2D eigenvalue weighted by molar-refractivity contribution is 0.0131. The van der Waals surface area contributed by atoms with Gasteiger partial charge in [0.2, 0.25) is 0 Å². The molecule has 1 aliphatic rings. The zero-order valence-electron chi connectivity index (χ0n) is 6.67. The SMILES string of the molecule is CCC1(C)COP(=O)(F)OC1. The summed E-state index contributed by atoms with van der Waals surface area (Å²) >= 11 is 0. The second-order valence-corrected chi connectivity index (χ2v) is 4.52. The van der Waals surface area contributed by atoms with Gasteiger partial charge in [0.05, 0.1) is 13.2 Å². The molecule has 11 heavy (non-hydrogen) atoms. The van der Waals surface area contributed by atoms with Gasteiger partial charge in [0.15, 0.2) is 0 Å². The van der Waals surface area contributed by atoms with Gasteiger partial charge in [-0.25, -0.2) is 4.57 Å². The van der Waals surface area contributed by atoms with E-state index in [1.54, 1.807) is 0 Å². The van der Waals surface area contributed by atoms with Gasteiger partial charge in [-0.05, 0) is 6.42 Å². The average Bonchev–Trinajstić information content (AvgIpc) is 1.97. The first-order chi connectivity index (χ1) is 4.97. The summed E-state index contributed by atoms with van der Waals surface area (Å²) in [5.74, 6) is 0. The quantitative estimate of drug-likeness (QED) is 0.584. The standard InChI is InChI=1S/C6H12FO3P/c1-3-6(2)4-9-11(7,8)10-5-6/h3-5H2,1-2H3. The molecule has 0 saturated carbocycles. The minimum atomic E-state index is -4.18. The molecule has 0 unspecified atom stereocenters. The molecule has 0 spiro atoms. The zero-order valence-corrected chi connectivity index (χ0v) is 7.57. The molecule has 0 aromatic heterocycles. The Labute approximate surface area is 65.5 Å². The van der Waals surface area contributed by atoms with Crippen LogP contribution in [0.4, 0.5) is 4.20 Å². The lowest BCUT2D eigenvalue weighted by Gasteiger charge is -2.32. The first-order valence-electron chi connectivity index (χ1n) is 3.56. The van der Waals surface area contributed by atoms with Crippen LogP contribution < -0.4 is 0 Å². The highest BCUT2D eigenvalue weighted by molar-refractivity contribution is 7.48. The third kappa shape index (κ3) is 2.26. The third-order valence-electron chi connectivity index (χ3n) is 1.99. The predicted octanol–water partition coefficient (Wildman–Crippen LogP) is 2.53. The van der Waals surface area contributed by atoms with E-state index < -0.39 is 7.91 Å². The molecule has 1 rings (SSSR count). The molecule has 3 nitrogen and oxygen atoms in total. The van der Waals surface area contributed by atoms with Crippen LogP contribution >= 0.6 is 7.91 Å². The Bertz CT molecular complexity index is 182. The van der Waals surface area contributed by atoms with Crippen LogP contribution in [0.5, 0.6) is 0 Å². The Morgan fingerprint density at radius 2 is 2.00 bits per heavy atom. The summed E-state index contributed by atoms with van der Waals surface area (Å²) in [6.45, 7) is 4.22. The monoisotopic (exact) mass is 182 g/mol. The van der Waals surface area contributed by atoms with Crippen molar-refractivity contribution in [2.24, 2.45) is 5.41 Å². The van der Waals surface area contributed by atoms with Gasteiger partial charge in [0, 0.05) is 5.41 Å². The molecule has 0 N–H and O–H groups in total. The van der Waals surface area contributed by atoms with Crippen LogP contribution in [0.3, 0.4) is 0 Å². The summed E-state index contributed by atoms with van der Waals surface area (Å²) in [6.07, 6.45) is 0.826. The molecule has 66 valence electrons. The normalized spacial score (nSPS) is 45.7. The average molecular weight is 182 g/mol. The van der Waals surface area contributed by atoms with E-state index in [-0.39, 0.29) is 18.6 Å². The van der Waals surface area contributed by atoms with Crippen LogP contribution in [0.15, 0.2) is 0 Å². The van der Waals surface area contributed by atoms with Gasteiger partial charge in [-0.3, -0.25) is 9.05 Å². The largest absolute Gasteiger partial charge is 0.513 e. The Morgan fingerprint density at radius 1 is 1.55 bits per heavy atom. The van der Waals surface area contributed by atoms with Crippen LogP contribution in [0.2, 0.25) is 0 Å². The molecule has 1 aliphatic heterocycles. The topological polar surface area (TPSA) is 35.5 Å². The van der Waals surface area contributed by atoms with Gasteiger partial charge in [0.1, 0.15) is 0 Å². The van der Waals surface area contributed by atoms with E-state index in [2.05, 4.69) is 9.05 Å². The van der Waals surface area contributed by atoms with E-state index in [1.165, 1.54) is 0 Å². The van der Waals surface area contributed by atoms with Gasteiger partial charge in [-0.15, -0.1) is 4.20 Å². The lowest BCUT2D eigenvalue weighted by atomic mass is 9.90. The van der Waals surface area contributed by atoms with Crippen molar-refractivity contribution in [3.8, 4) is 0 Å². The first-order valence-corrected chi connectivity index (χ1v) is 5.00. The van der Waals surface area contributed by atoms with Crippen molar-refractivity contribution in [3.05, 3.63) is 0 Å². The molecule has 1 fully saturated rings. The minimum absolute atomic E-state index is 0.178. The maximum absolute atomic E-state index is 12.5. The molecule has 1 saturated heterocycles. The highest BCUT2D eigenvalue weighted by atomic mass is 31.2. The van der Waals surface area contributed by atoms with Crippen molar-refractivity contribution in [2.75, 3.05) is 13.2 Å². The molecule has 0 aromatic rings. The highest BCUT2D eigenvalue weighted by Gasteiger charge is 2.38. The van der Waals surface area contributed by atoms with Crippen molar-refractivity contribution in [3.63, 3.8) is 0 Å². The fourth-order valence-corrected chi connectivity index (χ4v) is 1.76. The van der Waals surface area contributed by atoms with Crippen LogP contribution in [0.25, 0.3) is 0 Å². The second-order valence-electron chi connectivity index (χ2n) is 3.14. The molecule has 0 amide bonds. The maximum Gasteiger partial charge on any atom is 0.513 e. The number of hydrogen-bond acceptors (Lipinski definition) is 3. The first kappa shape index (κ1) is 9.17. The fraction of sp³-hybridized carbons (Fsp3) is 1.00. The Kier molecular flexibility index (Phi) is 2.37. The smallest absolute Gasteiger partial charge is 0.283 e. The summed E-state index contributed by atoms with van der Waals surface area (Å²) in [4.78, 5) is 0. The van der Waals surface area contributed by atoms with Crippen molar-refractivity contribution < 1.29 is 17.8 Å². The van der Waals surface area contributed by atoms with Gasteiger partial charge >= 0.3 is 7.91 Å². The maximum atomic E-state index is 12.5. The van der Waals surface area contributed by atoms with E-state index in [0.717, 1.165) is 6.42 Å². The Hall–Kier alpha value is 0.0800. The summed E-state index contributed by atoms with van der Waals surface area (Å²) in [7, 11) is -4.18. The molecule has 0 bridgehead atoms.